The molecule has 0 aromatic carbocycles. The van der Waals surface area contributed by atoms with Crippen molar-refractivity contribution in [3.8, 4) is 0 Å². The van der Waals surface area contributed by atoms with Crippen molar-refractivity contribution < 1.29 is 29.3 Å². The number of allylic oxidation sites excluding steroid dienone is 1. The van der Waals surface area contributed by atoms with Crippen molar-refractivity contribution in [2.75, 3.05) is 0 Å². The first kappa shape index (κ1) is 28.6. The number of fused-ring (bicyclic) bond motifs is 5. The topological polar surface area (TPSA) is 93.1 Å². The summed E-state index contributed by atoms with van der Waals surface area (Å²) in [6.45, 7) is 13.7. The third-order valence-electron chi connectivity index (χ3n) is 11.0. The van der Waals surface area contributed by atoms with Gasteiger partial charge in [-0.15, -0.1) is 0 Å². The van der Waals surface area contributed by atoms with Gasteiger partial charge in [0.25, 0.3) is 0 Å². The molecule has 37 heavy (non-hydrogen) atoms. The van der Waals surface area contributed by atoms with E-state index < -0.39 is 23.5 Å². The largest absolute Gasteiger partial charge is 0.461 e. The maximum Gasteiger partial charge on any atom is 0.305 e. The van der Waals surface area contributed by atoms with Crippen LogP contribution in [0.25, 0.3) is 0 Å². The van der Waals surface area contributed by atoms with E-state index in [1.807, 2.05) is 13.8 Å². The van der Waals surface area contributed by atoms with Crippen LogP contribution in [0.4, 0.5) is 0 Å². The molecule has 0 radical (unpaired) electrons. The smallest absolute Gasteiger partial charge is 0.305 e. The van der Waals surface area contributed by atoms with Crippen LogP contribution >= 0.6 is 0 Å². The first-order chi connectivity index (χ1) is 17.1. The van der Waals surface area contributed by atoms with Crippen LogP contribution in [0.5, 0.6) is 0 Å². The summed E-state index contributed by atoms with van der Waals surface area (Å²) < 4.78 is 11.3. The molecule has 2 N–H and O–H groups in total. The van der Waals surface area contributed by atoms with E-state index in [4.69, 9.17) is 9.47 Å². The van der Waals surface area contributed by atoms with Gasteiger partial charge in [0.2, 0.25) is 5.79 Å². The second kappa shape index (κ2) is 9.97. The zero-order chi connectivity index (χ0) is 27.4. The van der Waals surface area contributed by atoms with E-state index in [-0.39, 0.29) is 24.2 Å². The van der Waals surface area contributed by atoms with Gasteiger partial charge in [-0.2, -0.15) is 0 Å². The SMILES string of the molecule is CC(=O)O[C@H]1C[C@](O)(OC(C)=O)CC2=CC[C@H]3[C@@H]4CC[C@H]([C@H](C)CCCC(C)(C)O)[C@@]4(C)CC[C@@H]3[C@]21C. The number of hydrogen-bond donors (Lipinski definition) is 2. The maximum absolute atomic E-state index is 12.2. The van der Waals surface area contributed by atoms with Crippen molar-refractivity contribution in [2.45, 2.75) is 130 Å². The molecule has 4 rings (SSSR count). The minimum Gasteiger partial charge on any atom is -0.461 e. The van der Waals surface area contributed by atoms with E-state index in [1.165, 1.54) is 33.1 Å². The Morgan fingerprint density at radius 1 is 1.14 bits per heavy atom. The Kier molecular flexibility index (Phi) is 7.71. The van der Waals surface area contributed by atoms with E-state index in [0.29, 0.717) is 35.0 Å². The van der Waals surface area contributed by atoms with Crippen molar-refractivity contribution in [3.05, 3.63) is 11.6 Å². The summed E-state index contributed by atoms with van der Waals surface area (Å²) in [5.74, 6) is 0.356. The average Bonchev–Trinajstić information content (AvgIpc) is 3.10. The number of aliphatic hydroxyl groups is 2. The monoisotopic (exact) mass is 518 g/mol. The van der Waals surface area contributed by atoms with E-state index in [9.17, 15) is 19.8 Å². The first-order valence-electron chi connectivity index (χ1n) is 14.6. The summed E-state index contributed by atoms with van der Waals surface area (Å²) in [4.78, 5) is 23.9. The van der Waals surface area contributed by atoms with Gasteiger partial charge >= 0.3 is 11.9 Å². The fourth-order valence-electron chi connectivity index (χ4n) is 9.42. The highest BCUT2D eigenvalue weighted by molar-refractivity contribution is 5.67. The summed E-state index contributed by atoms with van der Waals surface area (Å²) >= 11 is 0. The molecule has 3 fully saturated rings. The van der Waals surface area contributed by atoms with Crippen molar-refractivity contribution in [3.63, 3.8) is 0 Å². The van der Waals surface area contributed by atoms with E-state index in [1.54, 1.807) is 0 Å². The van der Waals surface area contributed by atoms with Crippen molar-refractivity contribution >= 4 is 11.9 Å². The lowest BCUT2D eigenvalue weighted by molar-refractivity contribution is -0.243. The fraction of sp³-hybridized carbons (Fsp3) is 0.871. The van der Waals surface area contributed by atoms with Crippen LogP contribution in [0.15, 0.2) is 11.6 Å². The Morgan fingerprint density at radius 3 is 2.46 bits per heavy atom. The lowest BCUT2D eigenvalue weighted by Gasteiger charge is -2.60. The van der Waals surface area contributed by atoms with Gasteiger partial charge in [-0.05, 0) is 87.4 Å². The van der Waals surface area contributed by atoms with Crippen LogP contribution in [0.3, 0.4) is 0 Å². The second-order valence-corrected chi connectivity index (χ2v) is 14.1. The van der Waals surface area contributed by atoms with E-state index in [0.717, 1.165) is 37.7 Å². The molecule has 0 unspecified atom stereocenters. The highest BCUT2D eigenvalue weighted by atomic mass is 16.7. The second-order valence-electron chi connectivity index (χ2n) is 14.1. The van der Waals surface area contributed by atoms with Crippen LogP contribution < -0.4 is 0 Å². The molecule has 0 bridgehead atoms. The van der Waals surface area contributed by atoms with E-state index in [2.05, 4.69) is 26.8 Å². The molecule has 4 aliphatic rings. The Hall–Kier alpha value is -1.40. The third kappa shape index (κ3) is 5.39. The summed E-state index contributed by atoms with van der Waals surface area (Å²) in [5.41, 5.74) is 0.426. The zero-order valence-electron chi connectivity index (χ0n) is 24.1. The van der Waals surface area contributed by atoms with Crippen LogP contribution in [-0.4, -0.2) is 39.6 Å². The standard InChI is InChI=1S/C31H50O6/c1-19(9-8-15-28(4,5)34)24-12-13-25-23-11-10-22-17-31(35,37-21(3)33)18-27(36-20(2)32)30(22,7)26(23)14-16-29(24,25)6/h10,19,23-27,34-35H,8-9,11-18H2,1-7H3/t19-,23+,24-,25+,26+,27+,29-,30+,31-/m1/s1. The molecule has 0 amide bonds. The van der Waals surface area contributed by atoms with Gasteiger partial charge in [-0.25, -0.2) is 0 Å². The molecule has 0 aromatic rings. The van der Waals surface area contributed by atoms with Crippen LogP contribution in [0.2, 0.25) is 0 Å². The van der Waals surface area contributed by atoms with Crippen LogP contribution in [0, 0.1) is 40.4 Å². The number of carbonyl (C=O) groups excluding carboxylic acids is 2. The Labute approximate surface area is 223 Å². The van der Waals surface area contributed by atoms with Crippen molar-refractivity contribution in [2.24, 2.45) is 40.4 Å². The lowest BCUT2D eigenvalue weighted by Crippen LogP contribution is -2.59. The minimum atomic E-state index is -1.63. The zero-order valence-corrected chi connectivity index (χ0v) is 24.1. The average molecular weight is 519 g/mol. The predicted molar refractivity (Wildman–Crippen MR) is 142 cm³/mol. The predicted octanol–water partition coefficient (Wildman–Crippen LogP) is 5.94. The maximum atomic E-state index is 12.2. The number of hydrogen-bond acceptors (Lipinski definition) is 6. The molecular formula is C31H50O6. The van der Waals surface area contributed by atoms with Crippen LogP contribution in [0.1, 0.15) is 113 Å². The summed E-state index contributed by atoms with van der Waals surface area (Å²) in [6.07, 6.45) is 11.0. The molecule has 0 heterocycles. The molecule has 6 nitrogen and oxygen atoms in total. The molecule has 4 aliphatic carbocycles. The highest BCUT2D eigenvalue weighted by Crippen LogP contribution is 2.68. The van der Waals surface area contributed by atoms with Crippen molar-refractivity contribution in [1.29, 1.82) is 0 Å². The summed E-state index contributed by atoms with van der Waals surface area (Å²) in [7, 11) is 0. The van der Waals surface area contributed by atoms with Gasteiger partial charge < -0.3 is 19.7 Å². The molecule has 0 aromatic heterocycles. The van der Waals surface area contributed by atoms with Gasteiger partial charge in [0.1, 0.15) is 6.10 Å². The van der Waals surface area contributed by atoms with Gasteiger partial charge in [-0.1, -0.05) is 45.3 Å². The summed E-state index contributed by atoms with van der Waals surface area (Å²) in [6, 6.07) is 0. The molecule has 3 saturated carbocycles. The van der Waals surface area contributed by atoms with Crippen molar-refractivity contribution in [1.82, 2.24) is 0 Å². The molecule has 9 atom stereocenters. The first-order valence-corrected chi connectivity index (χ1v) is 14.6. The molecule has 0 aliphatic heterocycles. The van der Waals surface area contributed by atoms with Gasteiger partial charge in [-0.3, -0.25) is 9.59 Å². The van der Waals surface area contributed by atoms with Gasteiger partial charge in [0, 0.05) is 25.7 Å². The molecule has 0 saturated heterocycles. The van der Waals surface area contributed by atoms with Gasteiger partial charge in [0.15, 0.2) is 0 Å². The molecule has 210 valence electrons. The Balaban J connectivity index is 1.57. The van der Waals surface area contributed by atoms with Gasteiger partial charge in [0.05, 0.1) is 12.0 Å². The van der Waals surface area contributed by atoms with Crippen LogP contribution in [-0.2, 0) is 19.1 Å². The third-order valence-corrected chi connectivity index (χ3v) is 11.0. The lowest BCUT2D eigenvalue weighted by atomic mass is 9.46. The number of carbonyl (C=O) groups is 2. The molecule has 6 heteroatoms. The summed E-state index contributed by atoms with van der Waals surface area (Å²) in [5, 5.41) is 21.3. The number of rotatable bonds is 7. The number of esters is 2. The fourth-order valence-corrected chi connectivity index (χ4v) is 9.42. The van der Waals surface area contributed by atoms with E-state index >= 15 is 0 Å². The molecule has 0 spiro atoms. The normalized spacial score (nSPS) is 42.1. The molecular weight excluding hydrogens is 468 g/mol. The Bertz CT molecular complexity index is 919. The highest BCUT2D eigenvalue weighted by Gasteiger charge is 2.63. The Morgan fingerprint density at radius 2 is 1.84 bits per heavy atom. The number of ether oxygens (including phenoxy) is 2. The quantitative estimate of drug-likeness (QED) is 0.246. The minimum absolute atomic E-state index is 0.117.